The Hall–Kier alpha value is -2.23. The number of hydrogen-bond acceptors (Lipinski definition) is 2. The summed E-state index contributed by atoms with van der Waals surface area (Å²) in [6, 6.07) is 7.23. The van der Waals surface area contributed by atoms with Crippen LogP contribution in [0.25, 0.3) is 0 Å². The minimum Gasteiger partial charge on any atom is -0.462 e. The van der Waals surface area contributed by atoms with Crippen molar-refractivity contribution < 1.29 is 9.53 Å². The van der Waals surface area contributed by atoms with Gasteiger partial charge < -0.3 is 4.74 Å². The fourth-order valence-electron chi connectivity index (χ4n) is 1.87. The number of carbonyl (C=O) groups is 1. The lowest BCUT2D eigenvalue weighted by Gasteiger charge is -2.03. The van der Waals surface area contributed by atoms with E-state index in [1.54, 1.807) is 13.0 Å². The highest BCUT2D eigenvalue weighted by Gasteiger charge is 2.09. The second-order valence-electron chi connectivity index (χ2n) is 4.63. The molecule has 0 aliphatic heterocycles. The summed E-state index contributed by atoms with van der Waals surface area (Å²) < 4.78 is 5.04. The first-order valence-electron chi connectivity index (χ1n) is 7.40. The smallest absolute Gasteiger partial charge is 0.339 e. The van der Waals surface area contributed by atoms with E-state index >= 15 is 0 Å². The van der Waals surface area contributed by atoms with Gasteiger partial charge in [0, 0.05) is 11.1 Å². The molecule has 0 atom stereocenters. The normalized spacial score (nSPS) is 9.24. The largest absolute Gasteiger partial charge is 0.462 e. The average molecular weight is 282 g/mol. The summed E-state index contributed by atoms with van der Waals surface area (Å²) in [5, 5.41) is 0. The van der Waals surface area contributed by atoms with Gasteiger partial charge in [0.15, 0.2) is 0 Å². The van der Waals surface area contributed by atoms with Crippen molar-refractivity contribution in [3.05, 3.63) is 53.3 Å². The molecule has 0 saturated carbocycles. The zero-order valence-electron chi connectivity index (χ0n) is 12.9. The van der Waals surface area contributed by atoms with E-state index in [-0.39, 0.29) is 5.97 Å². The van der Waals surface area contributed by atoms with E-state index < -0.39 is 0 Å². The van der Waals surface area contributed by atoms with Gasteiger partial charge in [-0.15, -0.1) is 5.73 Å². The minimum absolute atomic E-state index is 0.336. The first-order valence-corrected chi connectivity index (χ1v) is 7.40. The van der Waals surface area contributed by atoms with Crippen molar-refractivity contribution in [2.75, 3.05) is 6.61 Å². The van der Waals surface area contributed by atoms with Crippen LogP contribution in [-0.4, -0.2) is 12.6 Å². The van der Waals surface area contributed by atoms with E-state index in [0.717, 1.165) is 18.4 Å². The summed E-state index contributed by atoms with van der Waals surface area (Å²) in [6.07, 6.45) is 4.31. The molecule has 0 amide bonds. The molecule has 1 rings (SSSR count). The van der Waals surface area contributed by atoms with E-state index in [0.29, 0.717) is 17.7 Å². The van der Waals surface area contributed by atoms with Crippen molar-refractivity contribution in [3.8, 4) is 11.8 Å². The van der Waals surface area contributed by atoms with Gasteiger partial charge in [-0.1, -0.05) is 50.3 Å². The third-order valence-corrected chi connectivity index (χ3v) is 3.01. The number of allylic oxidation sites excluding steroid dienone is 1. The van der Waals surface area contributed by atoms with Crippen molar-refractivity contribution in [1.29, 1.82) is 0 Å². The Balaban J connectivity index is 2.90. The first kappa shape index (κ1) is 16.8. The van der Waals surface area contributed by atoms with Crippen LogP contribution >= 0.6 is 0 Å². The van der Waals surface area contributed by atoms with E-state index in [1.165, 1.54) is 12.8 Å². The number of esters is 1. The van der Waals surface area contributed by atoms with Crippen molar-refractivity contribution >= 4 is 5.97 Å². The third-order valence-electron chi connectivity index (χ3n) is 3.01. The summed E-state index contributed by atoms with van der Waals surface area (Å²) in [4.78, 5) is 11.9. The van der Waals surface area contributed by atoms with Crippen LogP contribution in [0.4, 0.5) is 0 Å². The molecule has 2 heteroatoms. The molecule has 0 aliphatic carbocycles. The number of ether oxygens (including phenoxy) is 1. The SMILES string of the molecule is C=C=C(C#Cc1ccccc1C(=O)OCC)CCCCC. The quantitative estimate of drug-likeness (QED) is 0.332. The highest BCUT2D eigenvalue weighted by molar-refractivity contribution is 5.92. The molecule has 0 aliphatic rings. The van der Waals surface area contributed by atoms with Crippen LogP contribution in [0, 0.1) is 11.8 Å². The maximum Gasteiger partial charge on any atom is 0.339 e. The molecule has 0 unspecified atom stereocenters. The Kier molecular flexibility index (Phi) is 7.72. The summed E-state index contributed by atoms with van der Waals surface area (Å²) in [6.45, 7) is 7.99. The number of rotatable bonds is 6. The topological polar surface area (TPSA) is 26.3 Å². The van der Waals surface area contributed by atoms with Crippen LogP contribution in [0.15, 0.2) is 42.1 Å². The maximum absolute atomic E-state index is 11.9. The Labute approximate surface area is 127 Å². The van der Waals surface area contributed by atoms with Gasteiger partial charge in [0.25, 0.3) is 0 Å². The number of hydrogen-bond donors (Lipinski definition) is 0. The van der Waals surface area contributed by atoms with Crippen LogP contribution < -0.4 is 0 Å². The van der Waals surface area contributed by atoms with Gasteiger partial charge in [0.2, 0.25) is 0 Å². The van der Waals surface area contributed by atoms with Gasteiger partial charge in [-0.2, -0.15) is 0 Å². The van der Waals surface area contributed by atoms with Crippen LogP contribution in [-0.2, 0) is 4.74 Å². The maximum atomic E-state index is 11.9. The van der Waals surface area contributed by atoms with Crippen LogP contribution in [0.1, 0.15) is 55.5 Å². The predicted molar refractivity (Wildman–Crippen MR) is 86.1 cm³/mol. The number of benzene rings is 1. The first-order chi connectivity index (χ1) is 10.2. The molecule has 0 spiro atoms. The van der Waals surface area contributed by atoms with Crippen molar-refractivity contribution in [2.24, 2.45) is 0 Å². The fraction of sp³-hybridized carbons (Fsp3) is 0.368. The Bertz CT molecular complexity index is 581. The van der Waals surface area contributed by atoms with Crippen molar-refractivity contribution in [2.45, 2.75) is 39.5 Å². The van der Waals surface area contributed by atoms with Gasteiger partial charge in [0.05, 0.1) is 12.2 Å². The highest BCUT2D eigenvalue weighted by atomic mass is 16.5. The van der Waals surface area contributed by atoms with Crippen molar-refractivity contribution in [1.82, 2.24) is 0 Å². The second kappa shape index (κ2) is 9.64. The van der Waals surface area contributed by atoms with E-state index in [2.05, 4.69) is 31.1 Å². The molecule has 0 heterocycles. The summed E-state index contributed by atoms with van der Waals surface area (Å²) >= 11 is 0. The van der Waals surface area contributed by atoms with Crippen molar-refractivity contribution in [3.63, 3.8) is 0 Å². The van der Waals surface area contributed by atoms with Gasteiger partial charge in [0.1, 0.15) is 0 Å². The molecule has 0 aromatic heterocycles. The summed E-state index contributed by atoms with van der Waals surface area (Å²) in [5.74, 6) is 5.77. The summed E-state index contributed by atoms with van der Waals surface area (Å²) in [5.41, 5.74) is 4.96. The number of unbranched alkanes of at least 4 members (excludes halogenated alkanes) is 2. The average Bonchev–Trinajstić information content (AvgIpc) is 2.51. The standard InChI is InChI=1S/C19H22O2/c1-4-7-8-11-16(5-2)14-15-17-12-9-10-13-18(17)19(20)21-6-3/h9-10,12-13H,2,4,6-8,11H2,1,3H3. The van der Waals surface area contributed by atoms with Gasteiger partial charge >= 0.3 is 5.97 Å². The van der Waals surface area contributed by atoms with E-state index in [4.69, 9.17) is 4.74 Å². The molecule has 1 aromatic rings. The Morgan fingerprint density at radius 3 is 2.67 bits per heavy atom. The number of carbonyl (C=O) groups excluding carboxylic acids is 1. The van der Waals surface area contributed by atoms with Gasteiger partial charge in [-0.25, -0.2) is 4.79 Å². The Morgan fingerprint density at radius 1 is 1.24 bits per heavy atom. The molecule has 2 nitrogen and oxygen atoms in total. The van der Waals surface area contributed by atoms with Crippen LogP contribution in [0.2, 0.25) is 0 Å². The fourth-order valence-corrected chi connectivity index (χ4v) is 1.87. The highest BCUT2D eigenvalue weighted by Crippen LogP contribution is 2.11. The lowest BCUT2D eigenvalue weighted by atomic mass is 10.1. The zero-order valence-corrected chi connectivity index (χ0v) is 12.9. The molecule has 110 valence electrons. The van der Waals surface area contributed by atoms with E-state index in [1.807, 2.05) is 18.2 Å². The zero-order chi connectivity index (χ0) is 15.5. The second-order valence-corrected chi connectivity index (χ2v) is 4.63. The monoisotopic (exact) mass is 282 g/mol. The molecular weight excluding hydrogens is 260 g/mol. The van der Waals surface area contributed by atoms with Gasteiger partial charge in [-0.3, -0.25) is 0 Å². The molecule has 1 aromatic carbocycles. The molecule has 0 bridgehead atoms. The lowest BCUT2D eigenvalue weighted by Crippen LogP contribution is -2.06. The predicted octanol–water partition coefficient (Wildman–Crippen LogP) is 4.51. The van der Waals surface area contributed by atoms with Crippen LogP contribution in [0.3, 0.4) is 0 Å². The summed E-state index contributed by atoms with van der Waals surface area (Å²) in [7, 11) is 0. The van der Waals surface area contributed by atoms with Gasteiger partial charge in [-0.05, 0) is 31.9 Å². The molecule has 0 radical (unpaired) electrons. The molecule has 0 saturated heterocycles. The molecule has 0 fully saturated rings. The van der Waals surface area contributed by atoms with Crippen LogP contribution in [0.5, 0.6) is 0 Å². The van der Waals surface area contributed by atoms with E-state index in [9.17, 15) is 4.79 Å². The molecule has 0 N–H and O–H groups in total. The lowest BCUT2D eigenvalue weighted by molar-refractivity contribution is 0.0526. The molecule has 21 heavy (non-hydrogen) atoms. The molecular formula is C19H22O2. The third kappa shape index (κ3) is 5.73. The Morgan fingerprint density at radius 2 is 2.00 bits per heavy atom. The minimum atomic E-state index is -0.336.